The Morgan fingerprint density at radius 1 is 1.62 bits per heavy atom. The molecule has 0 saturated carbocycles. The second-order valence-electron chi connectivity index (χ2n) is 3.75. The Balaban J connectivity index is 2.50. The van der Waals surface area contributed by atoms with Crippen molar-refractivity contribution in [2.24, 2.45) is 5.73 Å². The van der Waals surface area contributed by atoms with Crippen molar-refractivity contribution in [2.45, 2.75) is 44.9 Å². The third kappa shape index (κ3) is 2.97. The van der Waals surface area contributed by atoms with Crippen LogP contribution in [0.4, 0.5) is 0 Å². The van der Waals surface area contributed by atoms with Crippen LogP contribution in [0.5, 0.6) is 0 Å². The van der Waals surface area contributed by atoms with Crippen LogP contribution in [0, 0.1) is 0 Å². The first kappa shape index (κ1) is 10.5. The molecule has 0 aromatic rings. The SMILES string of the molecule is CC(C)NC(C(N)=O)C1CCCO1. The smallest absolute Gasteiger partial charge is 0.237 e. The number of hydrogen-bond acceptors (Lipinski definition) is 3. The summed E-state index contributed by atoms with van der Waals surface area (Å²) >= 11 is 0. The summed E-state index contributed by atoms with van der Waals surface area (Å²) in [7, 11) is 0. The highest BCUT2D eigenvalue weighted by Gasteiger charge is 2.30. The predicted molar refractivity (Wildman–Crippen MR) is 50.2 cm³/mol. The largest absolute Gasteiger partial charge is 0.376 e. The number of rotatable bonds is 4. The van der Waals surface area contributed by atoms with Crippen LogP contribution in [0.1, 0.15) is 26.7 Å². The Hall–Kier alpha value is -0.610. The fourth-order valence-electron chi connectivity index (χ4n) is 1.60. The van der Waals surface area contributed by atoms with Crippen LogP contribution in [-0.2, 0) is 9.53 Å². The predicted octanol–water partition coefficient (Wildman–Crippen LogP) is 0.0173. The minimum absolute atomic E-state index is 0.0279. The lowest BCUT2D eigenvalue weighted by molar-refractivity contribution is -0.123. The summed E-state index contributed by atoms with van der Waals surface area (Å²) in [6.45, 7) is 4.73. The van der Waals surface area contributed by atoms with Crippen molar-refractivity contribution >= 4 is 5.91 Å². The second-order valence-corrected chi connectivity index (χ2v) is 3.75. The van der Waals surface area contributed by atoms with Crippen molar-refractivity contribution in [3.8, 4) is 0 Å². The van der Waals surface area contributed by atoms with Crippen LogP contribution in [-0.4, -0.2) is 30.7 Å². The maximum absolute atomic E-state index is 11.1. The molecule has 0 spiro atoms. The highest BCUT2D eigenvalue weighted by molar-refractivity contribution is 5.80. The van der Waals surface area contributed by atoms with E-state index in [1.165, 1.54) is 0 Å². The number of carbonyl (C=O) groups excluding carboxylic acids is 1. The van der Waals surface area contributed by atoms with Gasteiger partial charge in [-0.25, -0.2) is 0 Å². The van der Waals surface area contributed by atoms with E-state index in [4.69, 9.17) is 10.5 Å². The fourth-order valence-corrected chi connectivity index (χ4v) is 1.60. The van der Waals surface area contributed by atoms with E-state index >= 15 is 0 Å². The first-order chi connectivity index (χ1) is 6.11. The molecule has 0 aromatic heterocycles. The molecule has 1 fully saturated rings. The Morgan fingerprint density at radius 3 is 2.69 bits per heavy atom. The molecule has 1 amide bonds. The fraction of sp³-hybridized carbons (Fsp3) is 0.889. The van der Waals surface area contributed by atoms with Gasteiger partial charge >= 0.3 is 0 Å². The van der Waals surface area contributed by atoms with Gasteiger partial charge in [-0.2, -0.15) is 0 Å². The number of primary amides is 1. The van der Waals surface area contributed by atoms with E-state index in [0.29, 0.717) is 0 Å². The summed E-state index contributed by atoms with van der Waals surface area (Å²) in [5.74, 6) is -0.319. The maximum atomic E-state index is 11.1. The van der Waals surface area contributed by atoms with Crippen molar-refractivity contribution in [2.75, 3.05) is 6.61 Å². The molecule has 1 rings (SSSR count). The number of hydrogen-bond donors (Lipinski definition) is 2. The van der Waals surface area contributed by atoms with E-state index in [2.05, 4.69) is 5.32 Å². The van der Waals surface area contributed by atoms with Gasteiger partial charge in [0.2, 0.25) is 5.91 Å². The Bertz CT molecular complexity index is 176. The van der Waals surface area contributed by atoms with Gasteiger partial charge in [-0.3, -0.25) is 4.79 Å². The number of nitrogens with one attached hydrogen (secondary N) is 1. The van der Waals surface area contributed by atoms with Crippen molar-refractivity contribution in [1.82, 2.24) is 5.32 Å². The molecule has 76 valence electrons. The molecule has 2 unspecified atom stereocenters. The van der Waals surface area contributed by atoms with Gasteiger partial charge in [0.15, 0.2) is 0 Å². The molecule has 1 saturated heterocycles. The van der Waals surface area contributed by atoms with Gasteiger partial charge in [0.05, 0.1) is 6.10 Å². The molecule has 0 aromatic carbocycles. The molecule has 0 bridgehead atoms. The first-order valence-corrected chi connectivity index (χ1v) is 4.78. The van der Waals surface area contributed by atoms with E-state index in [0.717, 1.165) is 19.4 Å². The Morgan fingerprint density at radius 2 is 2.31 bits per heavy atom. The Kier molecular flexibility index (Phi) is 3.69. The lowest BCUT2D eigenvalue weighted by Gasteiger charge is -2.23. The monoisotopic (exact) mass is 186 g/mol. The summed E-state index contributed by atoms with van der Waals surface area (Å²) < 4.78 is 5.41. The molecule has 1 heterocycles. The van der Waals surface area contributed by atoms with Crippen LogP contribution in [0.25, 0.3) is 0 Å². The molecule has 2 atom stereocenters. The molecule has 4 nitrogen and oxygen atoms in total. The van der Waals surface area contributed by atoms with E-state index in [1.807, 2.05) is 13.8 Å². The van der Waals surface area contributed by atoms with Gasteiger partial charge in [0, 0.05) is 12.6 Å². The van der Waals surface area contributed by atoms with Gasteiger partial charge in [-0.1, -0.05) is 13.8 Å². The summed E-state index contributed by atoms with van der Waals surface area (Å²) in [5.41, 5.74) is 5.28. The number of carbonyl (C=O) groups is 1. The molecule has 13 heavy (non-hydrogen) atoms. The van der Waals surface area contributed by atoms with Crippen LogP contribution in [0.3, 0.4) is 0 Å². The number of amides is 1. The third-order valence-electron chi connectivity index (χ3n) is 2.16. The molecule has 1 aliphatic rings. The quantitative estimate of drug-likeness (QED) is 0.650. The normalized spacial score (nSPS) is 25.0. The maximum Gasteiger partial charge on any atom is 0.237 e. The second kappa shape index (κ2) is 4.58. The average molecular weight is 186 g/mol. The number of nitrogens with two attached hydrogens (primary N) is 1. The van der Waals surface area contributed by atoms with Crippen LogP contribution >= 0.6 is 0 Å². The minimum atomic E-state index is -0.331. The van der Waals surface area contributed by atoms with Gasteiger partial charge < -0.3 is 15.8 Å². The van der Waals surface area contributed by atoms with Crippen LogP contribution < -0.4 is 11.1 Å². The lowest BCUT2D eigenvalue weighted by atomic mass is 10.1. The summed E-state index contributed by atoms with van der Waals surface area (Å²) in [5, 5.41) is 3.12. The molecule has 4 heteroatoms. The van der Waals surface area contributed by atoms with Crippen LogP contribution in [0.2, 0.25) is 0 Å². The van der Waals surface area contributed by atoms with E-state index in [9.17, 15) is 4.79 Å². The standard InChI is InChI=1S/C9H18N2O2/c1-6(2)11-8(9(10)12)7-4-3-5-13-7/h6-8,11H,3-5H2,1-2H3,(H2,10,12). The molecule has 0 radical (unpaired) electrons. The summed E-state index contributed by atoms with van der Waals surface area (Å²) in [6, 6.07) is -0.0794. The zero-order valence-corrected chi connectivity index (χ0v) is 8.25. The third-order valence-corrected chi connectivity index (χ3v) is 2.16. The van der Waals surface area contributed by atoms with E-state index < -0.39 is 0 Å². The zero-order chi connectivity index (χ0) is 9.84. The Labute approximate surface area is 78.8 Å². The van der Waals surface area contributed by atoms with E-state index in [-0.39, 0.29) is 24.1 Å². The van der Waals surface area contributed by atoms with Gasteiger partial charge in [0.1, 0.15) is 6.04 Å². The summed E-state index contributed by atoms with van der Waals surface area (Å²) in [4.78, 5) is 11.1. The average Bonchev–Trinajstić information content (AvgIpc) is 2.50. The zero-order valence-electron chi connectivity index (χ0n) is 8.25. The van der Waals surface area contributed by atoms with Gasteiger partial charge in [0.25, 0.3) is 0 Å². The first-order valence-electron chi connectivity index (χ1n) is 4.78. The van der Waals surface area contributed by atoms with Crippen LogP contribution in [0.15, 0.2) is 0 Å². The molecular formula is C9H18N2O2. The van der Waals surface area contributed by atoms with Crippen molar-refractivity contribution in [3.63, 3.8) is 0 Å². The summed E-state index contributed by atoms with van der Waals surface area (Å²) in [6.07, 6.45) is 1.92. The lowest BCUT2D eigenvalue weighted by Crippen LogP contribution is -2.51. The van der Waals surface area contributed by atoms with E-state index in [1.54, 1.807) is 0 Å². The molecule has 3 N–H and O–H groups in total. The molecule has 1 aliphatic heterocycles. The highest BCUT2D eigenvalue weighted by Crippen LogP contribution is 2.15. The van der Waals surface area contributed by atoms with Gasteiger partial charge in [-0.15, -0.1) is 0 Å². The van der Waals surface area contributed by atoms with Gasteiger partial charge in [-0.05, 0) is 12.8 Å². The highest BCUT2D eigenvalue weighted by atomic mass is 16.5. The molecule has 0 aliphatic carbocycles. The van der Waals surface area contributed by atoms with Crippen molar-refractivity contribution < 1.29 is 9.53 Å². The van der Waals surface area contributed by atoms with Crippen molar-refractivity contribution in [3.05, 3.63) is 0 Å². The topological polar surface area (TPSA) is 64.3 Å². The molecular weight excluding hydrogens is 168 g/mol. The number of ether oxygens (including phenoxy) is 1. The minimum Gasteiger partial charge on any atom is -0.376 e. The van der Waals surface area contributed by atoms with Crippen molar-refractivity contribution in [1.29, 1.82) is 0 Å².